The van der Waals surface area contributed by atoms with Crippen molar-refractivity contribution in [1.29, 1.82) is 0 Å². The number of carbonyl (C=O) groups excluding carboxylic acids is 2. The Morgan fingerprint density at radius 3 is 2.50 bits per heavy atom. The normalized spacial score (nSPS) is 13.4. The van der Waals surface area contributed by atoms with Crippen LogP contribution in [-0.4, -0.2) is 52.9 Å². The zero-order chi connectivity index (χ0) is 19.8. The van der Waals surface area contributed by atoms with Crippen LogP contribution in [-0.2, 0) is 16.0 Å². The molecule has 0 spiro atoms. The summed E-state index contributed by atoms with van der Waals surface area (Å²) < 4.78 is 5.12. The Kier molecular flexibility index (Phi) is 7.25. The number of aromatic nitrogens is 2. The van der Waals surface area contributed by atoms with Gasteiger partial charge in [-0.05, 0) is 49.1 Å². The minimum Gasteiger partial charge on any atom is -0.497 e. The molecule has 7 nitrogen and oxygen atoms in total. The average Bonchev–Trinajstić information content (AvgIpc) is 3.27. The molecule has 1 aromatic heterocycles. The smallest absolute Gasteiger partial charge is 0.232 e. The Labute approximate surface area is 168 Å². The summed E-state index contributed by atoms with van der Waals surface area (Å²) in [5, 5.41) is 11.5. The van der Waals surface area contributed by atoms with Gasteiger partial charge in [0.25, 0.3) is 0 Å². The second-order valence-electron chi connectivity index (χ2n) is 6.53. The lowest BCUT2D eigenvalue weighted by Crippen LogP contribution is -2.29. The lowest BCUT2D eigenvalue weighted by Gasteiger charge is -2.14. The SMILES string of the molecule is COc1ccc(CCC(=O)Nc2ccc(SCC(=O)N3CCCC3)nn2)cc1. The molecule has 2 aromatic rings. The van der Waals surface area contributed by atoms with E-state index in [9.17, 15) is 9.59 Å². The highest BCUT2D eigenvalue weighted by molar-refractivity contribution is 7.99. The van der Waals surface area contributed by atoms with E-state index in [4.69, 9.17) is 4.74 Å². The van der Waals surface area contributed by atoms with Gasteiger partial charge in [-0.3, -0.25) is 9.59 Å². The zero-order valence-electron chi connectivity index (χ0n) is 15.9. The van der Waals surface area contributed by atoms with Gasteiger partial charge >= 0.3 is 0 Å². The van der Waals surface area contributed by atoms with Crippen molar-refractivity contribution in [3.63, 3.8) is 0 Å². The number of benzene rings is 1. The fourth-order valence-corrected chi connectivity index (χ4v) is 3.63. The zero-order valence-corrected chi connectivity index (χ0v) is 16.7. The van der Waals surface area contributed by atoms with E-state index in [-0.39, 0.29) is 11.8 Å². The molecule has 1 N–H and O–H groups in total. The quantitative estimate of drug-likeness (QED) is 0.686. The first-order valence-electron chi connectivity index (χ1n) is 9.31. The molecule has 28 heavy (non-hydrogen) atoms. The molecule has 1 fully saturated rings. The van der Waals surface area contributed by atoms with Crippen molar-refractivity contribution in [2.75, 3.05) is 31.3 Å². The maximum atomic E-state index is 12.1. The van der Waals surface area contributed by atoms with Crippen molar-refractivity contribution in [3.8, 4) is 5.75 Å². The van der Waals surface area contributed by atoms with E-state index >= 15 is 0 Å². The third-order valence-corrected chi connectivity index (χ3v) is 5.41. The second kappa shape index (κ2) is 10.1. The monoisotopic (exact) mass is 400 g/mol. The van der Waals surface area contributed by atoms with Crippen LogP contribution in [0.25, 0.3) is 0 Å². The van der Waals surface area contributed by atoms with Crippen molar-refractivity contribution < 1.29 is 14.3 Å². The minimum atomic E-state index is -0.116. The number of aryl methyl sites for hydroxylation is 1. The Morgan fingerprint density at radius 1 is 1.11 bits per heavy atom. The van der Waals surface area contributed by atoms with E-state index in [2.05, 4.69) is 15.5 Å². The molecule has 1 aromatic carbocycles. The van der Waals surface area contributed by atoms with E-state index in [0.717, 1.165) is 37.2 Å². The van der Waals surface area contributed by atoms with Crippen molar-refractivity contribution in [2.45, 2.75) is 30.7 Å². The summed E-state index contributed by atoms with van der Waals surface area (Å²) in [5.74, 6) is 1.59. The van der Waals surface area contributed by atoms with E-state index < -0.39 is 0 Å². The number of anilines is 1. The van der Waals surface area contributed by atoms with Crippen LogP contribution in [0.4, 0.5) is 5.82 Å². The van der Waals surface area contributed by atoms with Gasteiger partial charge in [0.2, 0.25) is 11.8 Å². The van der Waals surface area contributed by atoms with Gasteiger partial charge in [0.1, 0.15) is 10.8 Å². The van der Waals surface area contributed by atoms with Crippen molar-refractivity contribution in [3.05, 3.63) is 42.0 Å². The summed E-state index contributed by atoms with van der Waals surface area (Å²) in [6, 6.07) is 11.1. The highest BCUT2D eigenvalue weighted by Gasteiger charge is 2.18. The van der Waals surface area contributed by atoms with Crippen molar-refractivity contribution in [2.24, 2.45) is 0 Å². The predicted octanol–water partition coefficient (Wildman–Crippen LogP) is 2.77. The number of hydrogen-bond donors (Lipinski definition) is 1. The summed E-state index contributed by atoms with van der Waals surface area (Å²) in [4.78, 5) is 26.0. The van der Waals surface area contributed by atoms with Gasteiger partial charge in [0, 0.05) is 19.5 Å². The fraction of sp³-hybridized carbons (Fsp3) is 0.400. The van der Waals surface area contributed by atoms with Gasteiger partial charge in [-0.15, -0.1) is 10.2 Å². The lowest BCUT2D eigenvalue weighted by molar-refractivity contribution is -0.127. The summed E-state index contributed by atoms with van der Waals surface area (Å²) in [7, 11) is 1.62. The molecular weight excluding hydrogens is 376 g/mol. The highest BCUT2D eigenvalue weighted by atomic mass is 32.2. The molecule has 0 saturated carbocycles. The van der Waals surface area contributed by atoms with Crippen LogP contribution in [0.15, 0.2) is 41.4 Å². The third-order valence-electron chi connectivity index (χ3n) is 4.51. The number of ether oxygens (including phenoxy) is 1. The molecule has 0 radical (unpaired) electrons. The number of rotatable bonds is 8. The van der Waals surface area contributed by atoms with Crippen LogP contribution in [0.5, 0.6) is 5.75 Å². The van der Waals surface area contributed by atoms with E-state index in [0.29, 0.717) is 29.4 Å². The summed E-state index contributed by atoms with van der Waals surface area (Å²) >= 11 is 1.37. The van der Waals surface area contributed by atoms with Gasteiger partial charge in [0.15, 0.2) is 5.82 Å². The van der Waals surface area contributed by atoms with Crippen molar-refractivity contribution >= 4 is 29.4 Å². The molecule has 0 atom stereocenters. The third kappa shape index (κ3) is 5.95. The van der Waals surface area contributed by atoms with Crippen LogP contribution in [0.1, 0.15) is 24.8 Å². The Hall–Kier alpha value is -2.61. The lowest BCUT2D eigenvalue weighted by atomic mass is 10.1. The molecule has 8 heteroatoms. The van der Waals surface area contributed by atoms with Crippen molar-refractivity contribution in [1.82, 2.24) is 15.1 Å². The largest absolute Gasteiger partial charge is 0.497 e. The minimum absolute atomic E-state index is 0.116. The van der Waals surface area contributed by atoms with Crippen LogP contribution in [0.3, 0.4) is 0 Å². The molecule has 0 aliphatic carbocycles. The van der Waals surface area contributed by atoms with E-state index in [1.54, 1.807) is 19.2 Å². The Bertz CT molecular complexity index is 790. The Morgan fingerprint density at radius 2 is 1.86 bits per heavy atom. The molecule has 3 rings (SSSR count). The number of methoxy groups -OCH3 is 1. The molecular formula is C20H24N4O3S. The molecule has 1 saturated heterocycles. The number of amides is 2. The van der Waals surface area contributed by atoms with Gasteiger partial charge in [-0.2, -0.15) is 0 Å². The average molecular weight is 401 g/mol. The maximum Gasteiger partial charge on any atom is 0.232 e. The molecule has 2 heterocycles. The molecule has 0 bridgehead atoms. The van der Waals surface area contributed by atoms with Gasteiger partial charge in [0.05, 0.1) is 12.9 Å². The number of thioether (sulfide) groups is 1. The maximum absolute atomic E-state index is 12.1. The molecule has 2 amide bonds. The molecule has 1 aliphatic rings. The first kappa shape index (κ1) is 20.1. The van der Waals surface area contributed by atoms with Crippen LogP contribution in [0, 0.1) is 0 Å². The fourth-order valence-electron chi connectivity index (χ4n) is 2.91. The van der Waals surface area contributed by atoms with Crippen LogP contribution in [0.2, 0.25) is 0 Å². The molecule has 1 aliphatic heterocycles. The summed E-state index contributed by atoms with van der Waals surface area (Å²) in [5.41, 5.74) is 1.07. The van der Waals surface area contributed by atoms with Gasteiger partial charge in [-0.25, -0.2) is 0 Å². The van der Waals surface area contributed by atoms with Gasteiger partial charge in [-0.1, -0.05) is 23.9 Å². The van der Waals surface area contributed by atoms with E-state index in [1.807, 2.05) is 29.2 Å². The highest BCUT2D eigenvalue weighted by Crippen LogP contribution is 2.18. The Balaban J connectivity index is 1.41. The first-order chi connectivity index (χ1) is 13.6. The number of carbonyl (C=O) groups is 2. The number of nitrogens with zero attached hydrogens (tertiary/aromatic N) is 3. The van der Waals surface area contributed by atoms with E-state index in [1.165, 1.54) is 11.8 Å². The molecule has 148 valence electrons. The predicted molar refractivity (Wildman–Crippen MR) is 109 cm³/mol. The molecule has 0 unspecified atom stereocenters. The number of likely N-dealkylation sites (tertiary alicyclic amines) is 1. The number of nitrogens with one attached hydrogen (secondary N) is 1. The second-order valence-corrected chi connectivity index (χ2v) is 7.53. The first-order valence-corrected chi connectivity index (χ1v) is 10.3. The van der Waals surface area contributed by atoms with Gasteiger partial charge < -0.3 is 15.0 Å². The topological polar surface area (TPSA) is 84.4 Å². The number of hydrogen-bond acceptors (Lipinski definition) is 6. The standard InChI is InChI=1S/C20H24N4O3S/c1-27-16-7-4-15(5-8-16)6-10-18(25)21-17-9-11-19(23-22-17)28-14-20(26)24-12-2-3-13-24/h4-5,7-9,11H,2-3,6,10,12-14H2,1H3,(H,21,22,25). The summed E-state index contributed by atoms with van der Waals surface area (Å²) in [6.45, 7) is 1.71. The van der Waals surface area contributed by atoms with Crippen LogP contribution < -0.4 is 10.1 Å². The summed E-state index contributed by atoms with van der Waals surface area (Å²) in [6.07, 6.45) is 3.16. The van der Waals surface area contributed by atoms with Crippen LogP contribution >= 0.6 is 11.8 Å².